The average molecular weight is 421 g/mol. The van der Waals surface area contributed by atoms with E-state index in [-0.39, 0.29) is 12.6 Å². The Morgan fingerprint density at radius 1 is 1.03 bits per heavy atom. The summed E-state index contributed by atoms with van der Waals surface area (Å²) in [5.74, 6) is 1.000. The molecule has 0 aliphatic heterocycles. The molecule has 0 unspecified atom stereocenters. The molecule has 0 aliphatic carbocycles. The summed E-state index contributed by atoms with van der Waals surface area (Å²) in [7, 11) is -3.63. The van der Waals surface area contributed by atoms with Crippen molar-refractivity contribution < 1.29 is 22.7 Å². The molecular weight excluding hydrogens is 392 g/mol. The topological polar surface area (TPSA) is 84.9 Å². The lowest BCUT2D eigenvalue weighted by Crippen LogP contribution is -2.40. The third kappa shape index (κ3) is 7.30. The molecule has 1 amide bonds. The summed E-state index contributed by atoms with van der Waals surface area (Å²) in [5, 5.41) is 2.75. The van der Waals surface area contributed by atoms with Crippen LogP contribution in [-0.4, -0.2) is 39.8 Å². The van der Waals surface area contributed by atoms with Gasteiger partial charge in [0, 0.05) is 6.54 Å². The van der Waals surface area contributed by atoms with Gasteiger partial charge in [-0.25, -0.2) is 8.42 Å². The summed E-state index contributed by atoms with van der Waals surface area (Å²) in [6, 6.07) is 14.0. The molecule has 0 saturated heterocycles. The minimum absolute atomic E-state index is 0.0141. The normalized spacial score (nSPS) is 11.2. The van der Waals surface area contributed by atoms with Crippen LogP contribution in [0.1, 0.15) is 26.3 Å². The van der Waals surface area contributed by atoms with Crippen molar-refractivity contribution in [3.05, 3.63) is 54.1 Å². The largest absolute Gasteiger partial charge is 0.494 e. The van der Waals surface area contributed by atoms with Gasteiger partial charge in [0.1, 0.15) is 18.0 Å². The van der Waals surface area contributed by atoms with E-state index >= 15 is 0 Å². The van der Waals surface area contributed by atoms with Crippen molar-refractivity contribution in [3.63, 3.8) is 0 Å². The smallest absolute Gasteiger partial charge is 0.241 e. The van der Waals surface area contributed by atoms with Crippen LogP contribution in [0.15, 0.2) is 48.5 Å². The van der Waals surface area contributed by atoms with Crippen LogP contribution in [0.3, 0.4) is 0 Å². The molecule has 0 spiro atoms. The highest BCUT2D eigenvalue weighted by molar-refractivity contribution is 7.92. The zero-order valence-electron chi connectivity index (χ0n) is 17.2. The Morgan fingerprint density at radius 2 is 1.62 bits per heavy atom. The van der Waals surface area contributed by atoms with Gasteiger partial charge in [-0.3, -0.25) is 9.10 Å². The van der Waals surface area contributed by atoms with E-state index in [4.69, 9.17) is 9.47 Å². The Labute approximate surface area is 172 Å². The summed E-state index contributed by atoms with van der Waals surface area (Å²) in [6.45, 7) is 6.30. The van der Waals surface area contributed by atoms with Crippen LogP contribution in [0.2, 0.25) is 0 Å². The molecule has 29 heavy (non-hydrogen) atoms. The molecule has 158 valence electrons. The van der Waals surface area contributed by atoms with E-state index in [9.17, 15) is 13.2 Å². The first-order valence-electron chi connectivity index (χ1n) is 9.42. The average Bonchev–Trinajstić information content (AvgIpc) is 2.65. The molecule has 0 bridgehead atoms. The first-order valence-corrected chi connectivity index (χ1v) is 11.3. The van der Waals surface area contributed by atoms with Crippen LogP contribution in [0.4, 0.5) is 5.69 Å². The minimum atomic E-state index is -3.63. The van der Waals surface area contributed by atoms with Crippen molar-refractivity contribution in [1.29, 1.82) is 0 Å². The molecule has 1 N–H and O–H groups in total. The predicted octanol–water partition coefficient (Wildman–Crippen LogP) is 2.95. The molecule has 0 atom stereocenters. The van der Waals surface area contributed by atoms with E-state index in [2.05, 4.69) is 5.32 Å². The van der Waals surface area contributed by atoms with Crippen LogP contribution in [0, 0.1) is 0 Å². The fourth-order valence-corrected chi connectivity index (χ4v) is 3.48. The standard InChI is InChI=1S/C21H28N2O5S/c1-5-27-19-10-6-17(7-11-19)14-22-21(24)15-23(29(4,25)26)18-8-12-20(13-9-18)28-16(2)3/h6-13,16H,5,14-15H2,1-4H3,(H,22,24). The fraction of sp³-hybridized carbons (Fsp3) is 0.381. The van der Waals surface area contributed by atoms with Gasteiger partial charge in [-0.15, -0.1) is 0 Å². The summed E-state index contributed by atoms with van der Waals surface area (Å²) in [4.78, 5) is 12.4. The highest BCUT2D eigenvalue weighted by atomic mass is 32.2. The van der Waals surface area contributed by atoms with Crippen LogP contribution >= 0.6 is 0 Å². The molecule has 0 aromatic heterocycles. The van der Waals surface area contributed by atoms with Crippen molar-refractivity contribution >= 4 is 21.6 Å². The zero-order chi connectivity index (χ0) is 21.4. The Kier molecular flexibility index (Phi) is 7.90. The van der Waals surface area contributed by atoms with Crippen molar-refractivity contribution in [3.8, 4) is 11.5 Å². The number of nitrogens with one attached hydrogen (secondary N) is 1. The van der Waals surface area contributed by atoms with Crippen molar-refractivity contribution in [2.45, 2.75) is 33.4 Å². The molecule has 0 heterocycles. The third-order valence-electron chi connectivity index (χ3n) is 3.91. The van der Waals surface area contributed by atoms with Gasteiger partial charge in [0.25, 0.3) is 0 Å². The molecule has 2 aromatic carbocycles. The highest BCUT2D eigenvalue weighted by Crippen LogP contribution is 2.22. The number of rotatable bonds is 10. The maximum absolute atomic E-state index is 12.4. The Morgan fingerprint density at radius 3 is 2.14 bits per heavy atom. The number of sulfonamides is 1. The van der Waals surface area contributed by atoms with Crippen molar-refractivity contribution in [1.82, 2.24) is 5.32 Å². The number of ether oxygens (including phenoxy) is 2. The number of nitrogens with zero attached hydrogens (tertiary/aromatic N) is 1. The van der Waals surface area contributed by atoms with Gasteiger partial charge in [0.05, 0.1) is 24.7 Å². The molecule has 0 saturated carbocycles. The van der Waals surface area contributed by atoms with E-state index in [0.29, 0.717) is 24.6 Å². The Bertz CT molecular complexity index is 894. The molecular formula is C21H28N2O5S. The maximum Gasteiger partial charge on any atom is 0.241 e. The molecule has 2 aromatic rings. The van der Waals surface area contributed by atoms with Gasteiger partial charge >= 0.3 is 0 Å². The highest BCUT2D eigenvalue weighted by Gasteiger charge is 2.21. The van der Waals surface area contributed by atoms with E-state index in [1.165, 1.54) is 0 Å². The van der Waals surface area contributed by atoms with E-state index < -0.39 is 15.9 Å². The van der Waals surface area contributed by atoms with E-state index in [1.807, 2.05) is 45.0 Å². The molecule has 0 radical (unpaired) electrons. The number of hydrogen-bond acceptors (Lipinski definition) is 5. The summed E-state index contributed by atoms with van der Waals surface area (Å²) < 4.78 is 36.4. The maximum atomic E-state index is 12.4. The Balaban J connectivity index is 2.01. The molecule has 0 fully saturated rings. The summed E-state index contributed by atoms with van der Waals surface area (Å²) in [5.41, 5.74) is 1.29. The monoisotopic (exact) mass is 420 g/mol. The first-order chi connectivity index (χ1) is 13.7. The number of anilines is 1. The SMILES string of the molecule is CCOc1ccc(CNC(=O)CN(c2ccc(OC(C)C)cc2)S(C)(=O)=O)cc1. The van der Waals surface area contributed by atoms with Gasteiger partial charge in [0.15, 0.2) is 0 Å². The fourth-order valence-electron chi connectivity index (χ4n) is 2.62. The molecule has 7 nitrogen and oxygen atoms in total. The second-order valence-electron chi connectivity index (χ2n) is 6.78. The number of hydrogen-bond donors (Lipinski definition) is 1. The quantitative estimate of drug-likeness (QED) is 0.639. The zero-order valence-corrected chi connectivity index (χ0v) is 18.0. The third-order valence-corrected chi connectivity index (χ3v) is 5.05. The van der Waals surface area contributed by atoms with Gasteiger partial charge < -0.3 is 14.8 Å². The predicted molar refractivity (Wildman–Crippen MR) is 114 cm³/mol. The van der Waals surface area contributed by atoms with Crippen LogP contribution in [0.5, 0.6) is 11.5 Å². The number of carbonyl (C=O) groups excluding carboxylic acids is 1. The summed E-state index contributed by atoms with van der Waals surface area (Å²) >= 11 is 0. The lowest BCUT2D eigenvalue weighted by atomic mass is 10.2. The Hall–Kier alpha value is -2.74. The summed E-state index contributed by atoms with van der Waals surface area (Å²) in [6.07, 6.45) is 1.09. The molecule has 8 heteroatoms. The van der Waals surface area contributed by atoms with Crippen LogP contribution in [-0.2, 0) is 21.4 Å². The minimum Gasteiger partial charge on any atom is -0.494 e. The number of benzene rings is 2. The first kappa shape index (κ1) is 22.5. The van der Waals surface area contributed by atoms with Gasteiger partial charge in [-0.05, 0) is 62.7 Å². The van der Waals surface area contributed by atoms with Crippen LogP contribution in [0.25, 0.3) is 0 Å². The van der Waals surface area contributed by atoms with Crippen LogP contribution < -0.4 is 19.1 Å². The molecule has 2 rings (SSSR count). The van der Waals surface area contributed by atoms with Gasteiger partial charge in [-0.2, -0.15) is 0 Å². The second-order valence-corrected chi connectivity index (χ2v) is 8.69. The lowest BCUT2D eigenvalue weighted by molar-refractivity contribution is -0.119. The van der Waals surface area contributed by atoms with E-state index in [1.54, 1.807) is 24.3 Å². The second kappa shape index (κ2) is 10.2. The number of carbonyl (C=O) groups is 1. The lowest BCUT2D eigenvalue weighted by Gasteiger charge is -2.22. The number of amides is 1. The van der Waals surface area contributed by atoms with Gasteiger partial charge in [0.2, 0.25) is 15.9 Å². The van der Waals surface area contributed by atoms with Crippen molar-refractivity contribution in [2.75, 3.05) is 23.7 Å². The van der Waals surface area contributed by atoms with E-state index in [0.717, 1.165) is 21.9 Å². The van der Waals surface area contributed by atoms with Gasteiger partial charge in [-0.1, -0.05) is 12.1 Å². The molecule has 0 aliphatic rings. The van der Waals surface area contributed by atoms with Crippen molar-refractivity contribution in [2.24, 2.45) is 0 Å².